The van der Waals surface area contributed by atoms with Crippen LogP contribution < -0.4 is 10.2 Å². The van der Waals surface area contributed by atoms with Crippen LogP contribution >= 0.6 is 11.3 Å². The average Bonchev–Trinajstić information content (AvgIpc) is 3.18. The molecular formula is C24H24FN3O4S2. The molecule has 0 fully saturated rings. The lowest BCUT2D eigenvalue weighted by Gasteiger charge is -2.27. The number of carbonyl (C=O) groups is 2. The van der Waals surface area contributed by atoms with Gasteiger partial charge < -0.3 is 14.8 Å². The minimum Gasteiger partial charge on any atom is -0.307 e. The largest absolute Gasteiger partial charge is 0.307 e. The molecule has 4 rings (SSSR count). The van der Waals surface area contributed by atoms with Crippen molar-refractivity contribution in [3.63, 3.8) is 0 Å². The highest BCUT2D eigenvalue weighted by molar-refractivity contribution is 7.79. The maximum atomic E-state index is 14.2. The lowest BCUT2D eigenvalue weighted by molar-refractivity contribution is -0.115. The van der Waals surface area contributed by atoms with Gasteiger partial charge in [-0.3, -0.25) is 9.59 Å². The van der Waals surface area contributed by atoms with Gasteiger partial charge in [0.25, 0.3) is 5.91 Å². The number of benzene rings is 2. The molecule has 10 heteroatoms. The number of nitrogens with zero attached hydrogens (tertiary/aromatic N) is 2. The second-order valence-electron chi connectivity index (χ2n) is 9.03. The van der Waals surface area contributed by atoms with E-state index in [4.69, 9.17) is 4.55 Å². The van der Waals surface area contributed by atoms with Gasteiger partial charge in [-0.05, 0) is 40.8 Å². The normalized spacial score (nSPS) is 14.6. The van der Waals surface area contributed by atoms with Crippen LogP contribution in [0, 0.1) is 5.82 Å². The number of hydrogen-bond acceptors (Lipinski definition) is 5. The van der Waals surface area contributed by atoms with Crippen molar-refractivity contribution in [3.8, 4) is 0 Å². The van der Waals surface area contributed by atoms with Crippen LogP contribution in [0.4, 0.5) is 15.2 Å². The van der Waals surface area contributed by atoms with Crippen molar-refractivity contribution in [2.45, 2.75) is 43.9 Å². The molecule has 1 aliphatic rings. The van der Waals surface area contributed by atoms with Crippen molar-refractivity contribution < 1.29 is 22.7 Å². The molecule has 2 amide bonds. The number of hydrogen-bond donors (Lipinski definition) is 2. The van der Waals surface area contributed by atoms with Gasteiger partial charge in [0, 0.05) is 18.7 Å². The third-order valence-corrected chi connectivity index (χ3v) is 7.24. The Balaban J connectivity index is 1.46. The molecule has 2 N–H and O–H groups in total. The van der Waals surface area contributed by atoms with E-state index in [0.29, 0.717) is 23.5 Å². The summed E-state index contributed by atoms with van der Waals surface area (Å²) in [6.07, 6.45) is 0.289. The summed E-state index contributed by atoms with van der Waals surface area (Å²) in [6.45, 7) is 6.89. The molecule has 0 saturated heterocycles. The fraction of sp³-hybridized carbons (Fsp3) is 0.292. The van der Waals surface area contributed by atoms with Crippen molar-refractivity contribution in [3.05, 3.63) is 70.0 Å². The van der Waals surface area contributed by atoms with Crippen LogP contribution in [0.5, 0.6) is 0 Å². The van der Waals surface area contributed by atoms with Crippen LogP contribution in [-0.4, -0.2) is 32.1 Å². The standard InChI is InChI=1S/C24H24FN3O4S2/c1-24(2,3)15-5-7-16(8-6-15)28-11-10-19-21(22(28)30)33-23(26-19)27-20(29)12-14-4-9-17(34(31)32)13-18(14)25/h4-9,13H,10-12H2,1-3H3,(H,31,32)(H,26,27,29). The summed E-state index contributed by atoms with van der Waals surface area (Å²) in [5.41, 5.74) is 2.73. The molecule has 1 aliphatic heterocycles. The Morgan fingerprint density at radius 3 is 2.56 bits per heavy atom. The lowest BCUT2D eigenvalue weighted by Crippen LogP contribution is -2.36. The first kappa shape index (κ1) is 24.2. The third-order valence-electron chi connectivity index (χ3n) is 5.58. The first-order chi connectivity index (χ1) is 16.0. The van der Waals surface area contributed by atoms with Crippen LogP contribution in [0.1, 0.15) is 47.3 Å². The summed E-state index contributed by atoms with van der Waals surface area (Å²) >= 11 is -1.20. The molecule has 3 aromatic rings. The molecule has 1 aromatic heterocycles. The van der Waals surface area contributed by atoms with E-state index in [1.54, 1.807) is 4.90 Å². The number of aromatic nitrogens is 1. The Kier molecular flexibility index (Phi) is 6.66. The van der Waals surface area contributed by atoms with Gasteiger partial charge in [0.2, 0.25) is 5.91 Å². The molecule has 178 valence electrons. The molecule has 0 aliphatic carbocycles. The number of halogens is 1. The first-order valence-electron chi connectivity index (χ1n) is 10.6. The van der Waals surface area contributed by atoms with Gasteiger partial charge >= 0.3 is 0 Å². The van der Waals surface area contributed by atoms with Gasteiger partial charge in [-0.25, -0.2) is 13.6 Å². The second kappa shape index (κ2) is 9.36. The molecule has 7 nitrogen and oxygen atoms in total. The van der Waals surface area contributed by atoms with E-state index in [2.05, 4.69) is 31.1 Å². The number of anilines is 2. The van der Waals surface area contributed by atoms with Gasteiger partial charge in [0.05, 0.1) is 17.0 Å². The van der Waals surface area contributed by atoms with E-state index < -0.39 is 22.8 Å². The van der Waals surface area contributed by atoms with Crippen LogP contribution in [-0.2, 0) is 34.1 Å². The van der Waals surface area contributed by atoms with Crippen molar-refractivity contribution >= 4 is 45.1 Å². The summed E-state index contributed by atoms with van der Waals surface area (Å²) in [5, 5.41) is 2.91. The SMILES string of the molecule is CC(C)(C)c1ccc(N2CCc3nc(NC(=O)Cc4ccc(S(=O)O)cc4F)sc3C2=O)cc1. The summed E-state index contributed by atoms with van der Waals surface area (Å²) in [7, 11) is 0. The Hall–Kier alpha value is -2.95. The van der Waals surface area contributed by atoms with Gasteiger partial charge in [-0.1, -0.05) is 50.3 Å². The highest BCUT2D eigenvalue weighted by atomic mass is 32.2. The Bertz CT molecular complexity index is 1280. The fourth-order valence-electron chi connectivity index (χ4n) is 3.69. The highest BCUT2D eigenvalue weighted by Gasteiger charge is 2.30. The molecule has 0 spiro atoms. The monoisotopic (exact) mass is 501 g/mol. The van der Waals surface area contributed by atoms with Gasteiger partial charge in [0.15, 0.2) is 16.2 Å². The molecule has 1 unspecified atom stereocenters. The molecular weight excluding hydrogens is 477 g/mol. The van der Waals surface area contributed by atoms with Crippen LogP contribution in [0.15, 0.2) is 47.4 Å². The molecule has 0 bridgehead atoms. The quantitative estimate of drug-likeness (QED) is 0.500. The van der Waals surface area contributed by atoms with Gasteiger partial charge in [-0.15, -0.1) is 0 Å². The zero-order valence-corrected chi connectivity index (χ0v) is 20.6. The first-order valence-corrected chi connectivity index (χ1v) is 12.6. The highest BCUT2D eigenvalue weighted by Crippen LogP contribution is 2.32. The number of carbonyl (C=O) groups excluding carboxylic acids is 2. The minimum absolute atomic E-state index is 0.0188. The number of rotatable bonds is 5. The molecule has 2 heterocycles. The van der Waals surface area contributed by atoms with E-state index in [1.165, 1.54) is 17.7 Å². The van der Waals surface area contributed by atoms with Crippen molar-refractivity contribution in [2.75, 3.05) is 16.8 Å². The summed E-state index contributed by atoms with van der Waals surface area (Å²) in [4.78, 5) is 32.0. The van der Waals surface area contributed by atoms with E-state index in [1.807, 2.05) is 24.3 Å². The molecule has 34 heavy (non-hydrogen) atoms. The topological polar surface area (TPSA) is 99.6 Å². The van der Waals surface area contributed by atoms with Crippen molar-refractivity contribution in [1.29, 1.82) is 0 Å². The number of nitrogens with one attached hydrogen (secondary N) is 1. The zero-order valence-electron chi connectivity index (χ0n) is 18.9. The maximum absolute atomic E-state index is 14.2. The van der Waals surface area contributed by atoms with Crippen LogP contribution in [0.2, 0.25) is 0 Å². The van der Waals surface area contributed by atoms with Crippen LogP contribution in [0.3, 0.4) is 0 Å². The average molecular weight is 502 g/mol. The number of thiazole rings is 1. The molecule has 0 radical (unpaired) electrons. The predicted octanol–water partition coefficient (Wildman–Crippen LogP) is 4.54. The van der Waals surface area contributed by atoms with Crippen LogP contribution in [0.25, 0.3) is 0 Å². The molecule has 0 saturated carbocycles. The predicted molar refractivity (Wildman–Crippen MR) is 130 cm³/mol. The van der Waals surface area contributed by atoms with Crippen molar-refractivity contribution in [1.82, 2.24) is 4.98 Å². The Morgan fingerprint density at radius 2 is 1.94 bits per heavy atom. The summed E-state index contributed by atoms with van der Waals surface area (Å²) in [5.74, 6) is -1.40. The number of fused-ring (bicyclic) bond motifs is 1. The summed E-state index contributed by atoms with van der Waals surface area (Å²) < 4.78 is 34.2. The van der Waals surface area contributed by atoms with E-state index >= 15 is 0 Å². The molecule has 1 atom stereocenters. The minimum atomic E-state index is -2.30. The van der Waals surface area contributed by atoms with Gasteiger partial charge in [0.1, 0.15) is 10.7 Å². The second-order valence-corrected chi connectivity index (χ2v) is 11.0. The lowest BCUT2D eigenvalue weighted by atomic mass is 9.87. The Morgan fingerprint density at radius 1 is 1.24 bits per heavy atom. The fourth-order valence-corrected chi connectivity index (χ4v) is 5.05. The number of amides is 2. The summed E-state index contributed by atoms with van der Waals surface area (Å²) in [6, 6.07) is 11.5. The molecule has 2 aromatic carbocycles. The van der Waals surface area contributed by atoms with E-state index in [0.717, 1.165) is 23.1 Å². The van der Waals surface area contributed by atoms with E-state index in [9.17, 15) is 18.2 Å². The van der Waals surface area contributed by atoms with Gasteiger partial charge in [-0.2, -0.15) is 0 Å². The Labute approximate surface area is 203 Å². The maximum Gasteiger partial charge on any atom is 0.270 e. The smallest absolute Gasteiger partial charge is 0.270 e. The van der Waals surface area contributed by atoms with E-state index in [-0.39, 0.29) is 33.3 Å². The van der Waals surface area contributed by atoms with Crippen molar-refractivity contribution in [2.24, 2.45) is 0 Å². The third kappa shape index (κ3) is 5.08. The zero-order chi connectivity index (χ0) is 24.6.